The first-order valence-electron chi connectivity index (χ1n) is 6.90. The van der Waals surface area contributed by atoms with Crippen molar-refractivity contribution >= 4 is 28.4 Å². The smallest absolute Gasteiger partial charge is 0.161 e. The molecule has 1 aromatic carbocycles. The van der Waals surface area contributed by atoms with Crippen molar-refractivity contribution in [1.82, 2.24) is 9.97 Å². The normalized spacial score (nSPS) is 11.0. The van der Waals surface area contributed by atoms with E-state index in [1.165, 1.54) is 0 Å². The molecule has 5 heteroatoms. The van der Waals surface area contributed by atoms with Gasteiger partial charge in [0, 0.05) is 19.7 Å². The number of nitrogens with one attached hydrogen (secondary N) is 1. The van der Waals surface area contributed by atoms with Crippen LogP contribution in [0.15, 0.2) is 24.3 Å². The number of anilines is 1. The van der Waals surface area contributed by atoms with Crippen molar-refractivity contribution in [3.63, 3.8) is 0 Å². The van der Waals surface area contributed by atoms with Gasteiger partial charge in [-0.1, -0.05) is 38.1 Å². The van der Waals surface area contributed by atoms with E-state index in [1.54, 1.807) is 7.11 Å². The Bertz CT molecular complexity index is 612. The summed E-state index contributed by atoms with van der Waals surface area (Å²) in [6, 6.07) is 8.18. The Labute approximate surface area is 139 Å². The van der Waals surface area contributed by atoms with Crippen LogP contribution in [0.2, 0.25) is 0 Å². The molecule has 0 atom stereocenters. The molecule has 0 aliphatic heterocycles. The minimum absolute atomic E-state index is 0.360. The van der Waals surface area contributed by atoms with Gasteiger partial charge in [-0.15, -0.1) is 0 Å². The fourth-order valence-electron chi connectivity index (χ4n) is 2.06. The van der Waals surface area contributed by atoms with Crippen LogP contribution in [0.5, 0.6) is 0 Å². The van der Waals surface area contributed by atoms with Crippen LogP contribution in [-0.4, -0.2) is 24.1 Å². The van der Waals surface area contributed by atoms with Crippen LogP contribution >= 0.6 is 22.6 Å². The molecule has 0 saturated carbocycles. The van der Waals surface area contributed by atoms with Gasteiger partial charge in [-0.05, 0) is 34.1 Å². The number of aromatic nitrogens is 2. The molecule has 0 unspecified atom stereocenters. The Morgan fingerprint density at radius 1 is 1.19 bits per heavy atom. The van der Waals surface area contributed by atoms with Crippen molar-refractivity contribution in [2.75, 3.05) is 19.5 Å². The zero-order chi connectivity index (χ0) is 15.4. The molecule has 2 rings (SSSR count). The predicted octanol–water partition coefficient (Wildman–Crippen LogP) is 4.06. The summed E-state index contributed by atoms with van der Waals surface area (Å²) in [4.78, 5) is 9.36. The fraction of sp³-hybridized carbons (Fsp3) is 0.375. The number of hydrogen-bond acceptors (Lipinski definition) is 4. The molecule has 1 N–H and O–H groups in total. The molecule has 0 aliphatic carbocycles. The maximum absolute atomic E-state index is 5.13. The summed E-state index contributed by atoms with van der Waals surface area (Å²) in [5.41, 5.74) is 3.24. The lowest BCUT2D eigenvalue weighted by Gasteiger charge is -2.13. The van der Waals surface area contributed by atoms with E-state index in [4.69, 9.17) is 9.72 Å². The number of halogens is 1. The van der Waals surface area contributed by atoms with Crippen LogP contribution in [0.4, 0.5) is 5.82 Å². The summed E-state index contributed by atoms with van der Waals surface area (Å²) in [6.45, 7) is 4.91. The third kappa shape index (κ3) is 3.71. The average molecular weight is 397 g/mol. The minimum atomic E-state index is 0.360. The van der Waals surface area contributed by atoms with Gasteiger partial charge in [0.1, 0.15) is 5.82 Å². The lowest BCUT2D eigenvalue weighted by Crippen LogP contribution is -2.06. The standard InChI is InChI=1S/C16H20IN3O/c1-10(2)14-13(17)16(18-3)20-15(19-14)12-7-5-11(6-8-12)9-21-4/h5-8,10H,9H2,1-4H3,(H,18,19,20). The summed E-state index contributed by atoms with van der Waals surface area (Å²) in [6.07, 6.45) is 0. The minimum Gasteiger partial charge on any atom is -0.380 e. The number of hydrogen-bond donors (Lipinski definition) is 1. The molecule has 0 aliphatic rings. The highest BCUT2D eigenvalue weighted by molar-refractivity contribution is 14.1. The van der Waals surface area contributed by atoms with E-state index in [0.717, 1.165) is 32.0 Å². The summed E-state index contributed by atoms with van der Waals surface area (Å²) >= 11 is 2.30. The fourth-order valence-corrected chi connectivity index (χ4v) is 3.19. The number of benzene rings is 1. The van der Waals surface area contributed by atoms with Crippen molar-refractivity contribution in [3.8, 4) is 11.4 Å². The number of nitrogens with zero attached hydrogens (tertiary/aromatic N) is 2. The van der Waals surface area contributed by atoms with Crippen LogP contribution in [-0.2, 0) is 11.3 Å². The van der Waals surface area contributed by atoms with Gasteiger partial charge >= 0.3 is 0 Å². The number of ether oxygens (including phenoxy) is 1. The van der Waals surface area contributed by atoms with Gasteiger partial charge in [0.25, 0.3) is 0 Å². The van der Waals surface area contributed by atoms with Crippen LogP contribution in [0.25, 0.3) is 11.4 Å². The summed E-state index contributed by atoms with van der Waals surface area (Å²) < 4.78 is 6.22. The van der Waals surface area contributed by atoms with Gasteiger partial charge in [0.15, 0.2) is 5.82 Å². The molecule has 1 heterocycles. The van der Waals surface area contributed by atoms with Crippen molar-refractivity contribution in [2.45, 2.75) is 26.4 Å². The lowest BCUT2D eigenvalue weighted by molar-refractivity contribution is 0.185. The van der Waals surface area contributed by atoms with Crippen molar-refractivity contribution in [2.24, 2.45) is 0 Å². The first-order valence-corrected chi connectivity index (χ1v) is 7.98. The Morgan fingerprint density at radius 3 is 2.38 bits per heavy atom. The molecule has 21 heavy (non-hydrogen) atoms. The summed E-state index contributed by atoms with van der Waals surface area (Å²) in [7, 11) is 3.59. The third-order valence-electron chi connectivity index (χ3n) is 3.18. The van der Waals surface area contributed by atoms with Crippen LogP contribution in [0.3, 0.4) is 0 Å². The van der Waals surface area contributed by atoms with Gasteiger partial charge in [-0.25, -0.2) is 9.97 Å². The maximum Gasteiger partial charge on any atom is 0.161 e. The van der Waals surface area contributed by atoms with Crippen molar-refractivity contribution in [3.05, 3.63) is 39.1 Å². The average Bonchev–Trinajstić information content (AvgIpc) is 2.48. The Kier molecular flexibility index (Phi) is 5.52. The first kappa shape index (κ1) is 16.2. The Balaban J connectivity index is 2.45. The van der Waals surface area contributed by atoms with Crippen LogP contribution in [0.1, 0.15) is 31.0 Å². The van der Waals surface area contributed by atoms with E-state index in [1.807, 2.05) is 31.3 Å². The zero-order valence-corrected chi connectivity index (χ0v) is 14.9. The van der Waals surface area contributed by atoms with Crippen LogP contribution in [0, 0.1) is 3.57 Å². The second kappa shape index (κ2) is 7.17. The first-order chi connectivity index (χ1) is 10.1. The van der Waals surface area contributed by atoms with E-state index in [0.29, 0.717) is 12.5 Å². The lowest BCUT2D eigenvalue weighted by atomic mass is 10.1. The van der Waals surface area contributed by atoms with Crippen molar-refractivity contribution in [1.29, 1.82) is 0 Å². The summed E-state index contributed by atoms with van der Waals surface area (Å²) in [5.74, 6) is 2.00. The Morgan fingerprint density at radius 2 is 1.86 bits per heavy atom. The molecule has 0 spiro atoms. The molecule has 0 saturated heterocycles. The molecule has 0 fully saturated rings. The van der Waals surface area contributed by atoms with Gasteiger partial charge in [0.2, 0.25) is 0 Å². The molecule has 4 nitrogen and oxygen atoms in total. The molecule has 112 valence electrons. The zero-order valence-electron chi connectivity index (χ0n) is 12.8. The van der Waals surface area contributed by atoms with E-state index >= 15 is 0 Å². The second-order valence-electron chi connectivity index (χ2n) is 5.13. The maximum atomic E-state index is 5.13. The third-order valence-corrected chi connectivity index (χ3v) is 4.25. The largest absolute Gasteiger partial charge is 0.380 e. The number of rotatable bonds is 5. The monoisotopic (exact) mass is 397 g/mol. The highest BCUT2D eigenvalue weighted by atomic mass is 127. The number of methoxy groups -OCH3 is 1. The topological polar surface area (TPSA) is 47.0 Å². The van der Waals surface area contributed by atoms with Gasteiger partial charge < -0.3 is 10.1 Å². The summed E-state index contributed by atoms with van der Waals surface area (Å²) in [5, 5.41) is 3.15. The molecule has 2 aromatic rings. The molecule has 0 radical (unpaired) electrons. The molecular formula is C16H20IN3O. The van der Waals surface area contributed by atoms with Crippen molar-refractivity contribution < 1.29 is 4.74 Å². The second-order valence-corrected chi connectivity index (χ2v) is 6.21. The van der Waals surface area contributed by atoms with Crippen LogP contribution < -0.4 is 5.32 Å². The van der Waals surface area contributed by atoms with Gasteiger partial charge in [-0.3, -0.25) is 0 Å². The quantitative estimate of drug-likeness (QED) is 0.774. The molecule has 1 aromatic heterocycles. The highest BCUT2D eigenvalue weighted by Crippen LogP contribution is 2.28. The van der Waals surface area contributed by atoms with E-state index in [9.17, 15) is 0 Å². The van der Waals surface area contributed by atoms with E-state index in [2.05, 4.69) is 46.7 Å². The predicted molar refractivity (Wildman–Crippen MR) is 94.5 cm³/mol. The van der Waals surface area contributed by atoms with E-state index < -0.39 is 0 Å². The van der Waals surface area contributed by atoms with Gasteiger partial charge in [-0.2, -0.15) is 0 Å². The SMILES string of the molecule is CNc1nc(-c2ccc(COC)cc2)nc(C(C)C)c1I. The molecule has 0 bridgehead atoms. The molecular weight excluding hydrogens is 377 g/mol. The Hall–Kier alpha value is -1.21. The molecule has 0 amide bonds. The van der Waals surface area contributed by atoms with Gasteiger partial charge in [0.05, 0.1) is 15.9 Å². The highest BCUT2D eigenvalue weighted by Gasteiger charge is 2.15. The van der Waals surface area contributed by atoms with E-state index in [-0.39, 0.29) is 0 Å².